The fraction of sp³-hybridized carbons (Fsp3) is 0. The monoisotopic (exact) mass is 750 g/mol. The predicted octanol–water partition coefficient (Wildman–Crippen LogP) is 13.6. The first-order chi connectivity index (χ1) is 29.3. The lowest BCUT2D eigenvalue weighted by Crippen LogP contribution is -2.02. The van der Waals surface area contributed by atoms with Crippen LogP contribution in [0.3, 0.4) is 0 Å². The first-order valence-electron chi connectivity index (χ1n) is 20.0. The minimum atomic E-state index is 0.629. The Hall–Kier alpha value is -7.95. The molecule has 9 aromatic carbocycles. The smallest absolute Gasteiger partial charge is 0.164 e. The summed E-state index contributed by atoms with van der Waals surface area (Å²) in [5, 5.41) is 7.05. The molecule has 0 saturated carbocycles. The SMILES string of the molecule is c1ccc(C2=C(c3ccccc3)c3cccc4c3c3c5c2cccc5c(-c2nc(-c5ccccc5)nc(-c5ccc6ccccc6c5)n2)cc3n4-c2ccccc2)cc1. The number of benzene rings is 9. The zero-order valence-electron chi connectivity index (χ0n) is 31.9. The topological polar surface area (TPSA) is 43.6 Å². The summed E-state index contributed by atoms with van der Waals surface area (Å²) in [6.45, 7) is 0. The van der Waals surface area contributed by atoms with Gasteiger partial charge >= 0.3 is 0 Å². The second kappa shape index (κ2) is 13.3. The van der Waals surface area contributed by atoms with Gasteiger partial charge in [0.1, 0.15) is 0 Å². The average molecular weight is 751 g/mol. The van der Waals surface area contributed by atoms with Gasteiger partial charge in [-0.1, -0.05) is 176 Å². The molecule has 0 fully saturated rings. The van der Waals surface area contributed by atoms with Crippen LogP contribution in [0.2, 0.25) is 0 Å². The molecular formula is C55H34N4. The van der Waals surface area contributed by atoms with Crippen molar-refractivity contribution in [3.05, 3.63) is 229 Å². The molecular weight excluding hydrogens is 717 g/mol. The minimum absolute atomic E-state index is 0.629. The Kier molecular flexibility index (Phi) is 7.50. The molecule has 59 heavy (non-hydrogen) atoms. The first kappa shape index (κ1) is 33.2. The van der Waals surface area contributed by atoms with Gasteiger partial charge in [-0.05, 0) is 79.9 Å². The Balaban J connectivity index is 1.26. The quantitative estimate of drug-likeness (QED) is 0.170. The number of nitrogens with zero attached hydrogens (tertiary/aromatic N) is 4. The van der Waals surface area contributed by atoms with Crippen molar-refractivity contribution in [3.63, 3.8) is 0 Å². The Morgan fingerprint density at radius 2 is 0.847 bits per heavy atom. The van der Waals surface area contributed by atoms with Gasteiger partial charge in [0.2, 0.25) is 0 Å². The molecule has 2 heterocycles. The third-order valence-electron chi connectivity index (χ3n) is 11.8. The molecule has 4 nitrogen and oxygen atoms in total. The lowest BCUT2D eigenvalue weighted by Gasteiger charge is -2.20. The molecule has 11 aromatic rings. The summed E-state index contributed by atoms with van der Waals surface area (Å²) in [6, 6.07) is 73.4. The van der Waals surface area contributed by atoms with E-state index in [0.29, 0.717) is 17.5 Å². The Bertz CT molecular complexity index is 3460. The van der Waals surface area contributed by atoms with Crippen LogP contribution in [0.15, 0.2) is 206 Å². The van der Waals surface area contributed by atoms with Crippen molar-refractivity contribution in [2.24, 2.45) is 0 Å². The molecule has 0 spiro atoms. The molecule has 0 bridgehead atoms. The maximum Gasteiger partial charge on any atom is 0.164 e. The third-order valence-corrected chi connectivity index (χ3v) is 11.8. The van der Waals surface area contributed by atoms with Crippen LogP contribution in [0, 0.1) is 0 Å². The number of para-hydroxylation sites is 1. The molecule has 4 heteroatoms. The van der Waals surface area contributed by atoms with Crippen molar-refractivity contribution in [3.8, 4) is 39.9 Å². The summed E-state index contributed by atoms with van der Waals surface area (Å²) in [4.78, 5) is 15.9. The van der Waals surface area contributed by atoms with E-state index in [4.69, 9.17) is 15.0 Å². The standard InChI is InChI=1S/C55H34N4/c1-5-18-36(19-6-1)48-43-28-15-27-42-45(55-57-53(38-22-9-3-10-23-38)56-54(58-55)40-32-31-35-17-13-14-24-39(35)33-40)34-47-52(50(42)43)51-44(49(48)37-20-7-2-8-21-37)29-16-30-46(51)59(47)41-25-11-4-12-26-41/h1-34H. The van der Waals surface area contributed by atoms with E-state index in [1.807, 2.05) is 18.2 Å². The highest BCUT2D eigenvalue weighted by atomic mass is 15.0. The van der Waals surface area contributed by atoms with Gasteiger partial charge in [-0.15, -0.1) is 0 Å². The highest BCUT2D eigenvalue weighted by molar-refractivity contribution is 6.32. The van der Waals surface area contributed by atoms with Crippen molar-refractivity contribution in [2.75, 3.05) is 0 Å². The number of rotatable bonds is 6. The molecule has 1 aliphatic carbocycles. The molecule has 12 rings (SSSR count). The maximum atomic E-state index is 5.38. The van der Waals surface area contributed by atoms with E-state index in [9.17, 15) is 0 Å². The zero-order valence-corrected chi connectivity index (χ0v) is 31.9. The highest BCUT2D eigenvalue weighted by Gasteiger charge is 2.29. The van der Waals surface area contributed by atoms with Crippen molar-refractivity contribution >= 4 is 54.5 Å². The van der Waals surface area contributed by atoms with Crippen LogP contribution < -0.4 is 0 Å². The molecule has 0 N–H and O–H groups in total. The van der Waals surface area contributed by atoms with Gasteiger partial charge in [0.25, 0.3) is 0 Å². The number of hydrogen-bond donors (Lipinski definition) is 0. The first-order valence-corrected chi connectivity index (χ1v) is 20.0. The summed E-state index contributed by atoms with van der Waals surface area (Å²) in [6.07, 6.45) is 0. The molecule has 2 aromatic heterocycles. The van der Waals surface area contributed by atoms with Gasteiger partial charge in [-0.25, -0.2) is 15.0 Å². The van der Waals surface area contributed by atoms with Crippen LogP contribution in [0.25, 0.3) is 94.3 Å². The molecule has 0 saturated heterocycles. The van der Waals surface area contributed by atoms with Crippen molar-refractivity contribution < 1.29 is 0 Å². The summed E-state index contributed by atoms with van der Waals surface area (Å²) in [5.74, 6) is 1.90. The van der Waals surface area contributed by atoms with Crippen LogP contribution in [0.4, 0.5) is 0 Å². The third kappa shape index (κ3) is 5.27. The van der Waals surface area contributed by atoms with Gasteiger partial charge in [0, 0.05) is 38.5 Å². The zero-order chi connectivity index (χ0) is 38.9. The molecule has 0 amide bonds. The summed E-state index contributed by atoms with van der Waals surface area (Å²) in [5.41, 5.74) is 13.3. The molecule has 274 valence electrons. The van der Waals surface area contributed by atoms with Crippen LogP contribution in [-0.4, -0.2) is 19.5 Å². The Morgan fingerprint density at radius 1 is 0.305 bits per heavy atom. The van der Waals surface area contributed by atoms with E-state index in [0.717, 1.165) is 44.2 Å². The fourth-order valence-electron chi connectivity index (χ4n) is 9.21. The van der Waals surface area contributed by atoms with Gasteiger partial charge < -0.3 is 4.57 Å². The largest absolute Gasteiger partial charge is 0.309 e. The predicted molar refractivity (Wildman–Crippen MR) is 243 cm³/mol. The maximum absolute atomic E-state index is 5.38. The summed E-state index contributed by atoms with van der Waals surface area (Å²) >= 11 is 0. The average Bonchev–Trinajstić information content (AvgIpc) is 3.58. The van der Waals surface area contributed by atoms with Crippen LogP contribution in [-0.2, 0) is 0 Å². The molecule has 0 radical (unpaired) electrons. The van der Waals surface area contributed by atoms with E-state index < -0.39 is 0 Å². The second-order valence-corrected chi connectivity index (χ2v) is 15.1. The minimum Gasteiger partial charge on any atom is -0.309 e. The normalized spacial score (nSPS) is 12.3. The number of hydrogen-bond acceptors (Lipinski definition) is 3. The molecule has 0 atom stereocenters. The van der Waals surface area contributed by atoms with E-state index in [2.05, 4.69) is 193 Å². The van der Waals surface area contributed by atoms with Crippen LogP contribution >= 0.6 is 0 Å². The van der Waals surface area contributed by atoms with Crippen LogP contribution in [0.5, 0.6) is 0 Å². The van der Waals surface area contributed by atoms with Gasteiger partial charge in [0.05, 0.1) is 11.0 Å². The molecule has 0 unspecified atom stereocenters. The highest BCUT2D eigenvalue weighted by Crippen LogP contribution is 2.51. The van der Waals surface area contributed by atoms with Gasteiger partial charge in [-0.3, -0.25) is 0 Å². The lowest BCUT2D eigenvalue weighted by atomic mass is 9.85. The van der Waals surface area contributed by atoms with Crippen molar-refractivity contribution in [1.29, 1.82) is 0 Å². The molecule has 0 aliphatic heterocycles. The van der Waals surface area contributed by atoms with E-state index in [1.54, 1.807) is 0 Å². The van der Waals surface area contributed by atoms with Crippen molar-refractivity contribution in [2.45, 2.75) is 0 Å². The summed E-state index contributed by atoms with van der Waals surface area (Å²) in [7, 11) is 0. The van der Waals surface area contributed by atoms with Crippen molar-refractivity contribution in [1.82, 2.24) is 19.5 Å². The number of aromatic nitrogens is 4. The van der Waals surface area contributed by atoms with E-state index >= 15 is 0 Å². The Morgan fingerprint density at radius 3 is 1.53 bits per heavy atom. The van der Waals surface area contributed by atoms with E-state index in [-0.39, 0.29) is 0 Å². The summed E-state index contributed by atoms with van der Waals surface area (Å²) < 4.78 is 2.42. The van der Waals surface area contributed by atoms with E-state index in [1.165, 1.54) is 54.9 Å². The Labute approximate surface area is 341 Å². The fourth-order valence-corrected chi connectivity index (χ4v) is 9.21. The second-order valence-electron chi connectivity index (χ2n) is 15.1. The van der Waals surface area contributed by atoms with Gasteiger partial charge in [0.15, 0.2) is 17.5 Å². The molecule has 1 aliphatic rings. The lowest BCUT2D eigenvalue weighted by molar-refractivity contribution is 1.08. The number of fused-ring (bicyclic) bond motifs is 1. The van der Waals surface area contributed by atoms with Crippen LogP contribution in [0.1, 0.15) is 22.3 Å². The van der Waals surface area contributed by atoms with Gasteiger partial charge in [-0.2, -0.15) is 0 Å².